The van der Waals surface area contributed by atoms with E-state index >= 15 is 4.79 Å². The molecule has 5 aliphatic heterocycles. The maximum absolute atomic E-state index is 15.5. The number of carboxylic acid groups (broad SMARTS) is 1. The van der Waals surface area contributed by atoms with Crippen molar-refractivity contribution in [2.45, 2.75) is 266 Å². The second-order valence-electron chi connectivity index (χ2n) is 28.4. The minimum Gasteiger partial charge on any atom is -0.481 e. The molecule has 29 nitrogen and oxygen atoms in total. The van der Waals surface area contributed by atoms with Crippen molar-refractivity contribution in [2.24, 2.45) is 50.2 Å². The molecule has 4 saturated carbocycles. The van der Waals surface area contributed by atoms with E-state index in [2.05, 4.69) is 26.8 Å². The van der Waals surface area contributed by atoms with Crippen LogP contribution in [-0.2, 0) is 57.0 Å². The Bertz CT molecular complexity index is 2510. The maximum Gasteiger partial charge on any atom is 0.315 e. The van der Waals surface area contributed by atoms with Gasteiger partial charge in [-0.25, -0.2) is 0 Å². The summed E-state index contributed by atoms with van der Waals surface area (Å²) in [6.45, 7) is 10.2. The van der Waals surface area contributed by atoms with E-state index in [0.717, 1.165) is 5.57 Å². The largest absolute Gasteiger partial charge is 0.481 e. The van der Waals surface area contributed by atoms with Crippen LogP contribution < -0.4 is 0 Å². The minimum absolute atomic E-state index is 0.0295. The highest BCUT2D eigenvalue weighted by Crippen LogP contribution is 2.76. The zero-order valence-corrected chi connectivity index (χ0v) is 50.5. The molecule has 5 saturated heterocycles. The molecule has 5 aliphatic carbocycles. The van der Waals surface area contributed by atoms with Gasteiger partial charge in [0.25, 0.3) is 0 Å². The van der Waals surface area contributed by atoms with Crippen LogP contribution in [0, 0.1) is 50.2 Å². The van der Waals surface area contributed by atoms with Gasteiger partial charge in [-0.3, -0.25) is 9.59 Å². The lowest BCUT2D eigenvalue weighted by Crippen LogP contribution is -2.71. The van der Waals surface area contributed by atoms with E-state index in [1.807, 2.05) is 6.92 Å². The number of esters is 1. The summed E-state index contributed by atoms with van der Waals surface area (Å²) in [5, 5.41) is 186. The number of carboxylic acids is 1. The summed E-state index contributed by atoms with van der Waals surface area (Å²) in [7, 11) is 0. The van der Waals surface area contributed by atoms with Crippen LogP contribution in [0.4, 0.5) is 0 Å². The molecule has 17 N–H and O–H groups in total. The number of hydrogen-bond donors (Lipinski definition) is 17. The first-order chi connectivity index (χ1) is 41.2. The van der Waals surface area contributed by atoms with Crippen LogP contribution in [0.1, 0.15) is 106 Å². The summed E-state index contributed by atoms with van der Waals surface area (Å²) in [4.78, 5) is 29.3. The third kappa shape index (κ3) is 11.0. The molecule has 0 aromatic carbocycles. The zero-order chi connectivity index (χ0) is 64.4. The van der Waals surface area contributed by atoms with Crippen molar-refractivity contribution < 1.29 is 144 Å². The summed E-state index contributed by atoms with van der Waals surface area (Å²) in [5.41, 5.74) is -5.19. The third-order valence-corrected chi connectivity index (χ3v) is 23.1. The number of ether oxygens (including phenoxy) is 10. The van der Waals surface area contributed by atoms with E-state index in [9.17, 15) is 91.6 Å². The molecule has 0 spiro atoms. The average molecular weight is 1270 g/mol. The van der Waals surface area contributed by atoms with E-state index in [1.54, 1.807) is 0 Å². The van der Waals surface area contributed by atoms with Crippen LogP contribution in [0.3, 0.4) is 0 Å². The van der Waals surface area contributed by atoms with Crippen molar-refractivity contribution >= 4 is 11.9 Å². The topological polar surface area (TPSA) is 470 Å². The SMILES string of the molecule is C[C@@H]1O[C@H](OC(=O)[C@]23CCC(C)(C)C[C@H]2C2=CC[C@@H]4[C@@]5(C)C[C@H](O)[C@H](O[C@@H]6O[C@H](CO)[C@@H](O)[C@H](O)[C@H]6O)[C@@](C)(C(=O)O)[C@@H]5CC[C@@]4(C)[C@]2(CO)CC3)[C@@H](O[C@H]2O[C@H](C)[C@@H](O[C@@H]3OC[C@@H](O[C@@H]4O[C@H](CO)[C@H](O)[C@H](O)[C@H]4O)[C@H](O)[C@H]3O)[C@H](O)[C@@H]2O)[C@H](O)[C@@H]1O. The zero-order valence-electron chi connectivity index (χ0n) is 50.5. The number of allylic oxidation sites excluding steroid dienone is 1. The first-order valence-corrected chi connectivity index (χ1v) is 30.9. The van der Waals surface area contributed by atoms with Gasteiger partial charge in [-0.2, -0.15) is 0 Å². The van der Waals surface area contributed by atoms with Crippen LogP contribution in [0.25, 0.3) is 0 Å². The molecule has 29 heteroatoms. The number of fused-ring (bicyclic) bond motifs is 7. The number of carbonyl (C=O) groups is 2. The first-order valence-electron chi connectivity index (χ1n) is 30.9. The molecule has 34 atom stereocenters. The molecule has 10 rings (SSSR count). The smallest absolute Gasteiger partial charge is 0.315 e. The highest BCUT2D eigenvalue weighted by atomic mass is 16.8. The lowest BCUT2D eigenvalue weighted by atomic mass is 9.33. The molecular formula is C59H94O29. The molecule has 0 aromatic heterocycles. The molecule has 9 fully saturated rings. The van der Waals surface area contributed by atoms with Crippen LogP contribution >= 0.6 is 0 Å². The summed E-state index contributed by atoms with van der Waals surface area (Å²) in [5.74, 6) is -3.54. The lowest BCUT2D eigenvalue weighted by molar-refractivity contribution is -0.378. The fraction of sp³-hybridized carbons (Fsp3) is 0.932. The maximum atomic E-state index is 15.5. The molecule has 504 valence electrons. The number of aliphatic hydroxyl groups excluding tert-OH is 16. The van der Waals surface area contributed by atoms with E-state index in [0.29, 0.717) is 38.5 Å². The molecule has 0 amide bonds. The van der Waals surface area contributed by atoms with Crippen molar-refractivity contribution in [1.29, 1.82) is 0 Å². The Morgan fingerprint density at radius 1 is 0.557 bits per heavy atom. The number of aliphatic carboxylic acids is 1. The normalized spacial score (nSPS) is 54.6. The molecule has 0 radical (unpaired) electrons. The standard InChI is InChI=1S/C59H94O29/c1-22-32(64)38(70)45(86-48-43(75)39(71)44(23(2)81-48)85-47-40(72)35(67)29(20-79-47)84-49-41(73)36(68)33(65)27(18-60)82-49)51(80-22)88-53(78)58-13-12-54(3,4)16-25(58)24-8-9-30-55(5)17-26(63)46(87-50-42(74)37(69)34(66)28(19-61)83-50)57(7,52(76)77)31(55)10-11-56(30,6)59(24,21-62)15-14-58/h8,22-23,25-51,60-75H,9-21H2,1-7H3,(H,76,77)/t22-,23+,25-,26-,27+,28+,29+,30+,31+,32+,33-,34+,35-,36-,37-,38+,39+,40+,41+,42+,43-,44+,45-,46-,47-,48+,49-,50-,51+,55+,56+,57-,58-,59-/m0/s1. The quantitative estimate of drug-likeness (QED) is 0.0443. The van der Waals surface area contributed by atoms with Crippen LogP contribution in [0.5, 0.6) is 0 Å². The van der Waals surface area contributed by atoms with Crippen LogP contribution in [0.2, 0.25) is 0 Å². The highest BCUT2D eigenvalue weighted by Gasteiger charge is 2.74. The van der Waals surface area contributed by atoms with Gasteiger partial charge in [0.1, 0.15) is 104 Å². The fourth-order valence-corrected chi connectivity index (χ4v) is 17.8. The van der Waals surface area contributed by atoms with Gasteiger partial charge in [0, 0.05) is 5.41 Å². The molecule has 88 heavy (non-hydrogen) atoms. The Labute approximate surface area is 508 Å². The Hall–Kier alpha value is -2.32. The average Bonchev–Trinajstić information content (AvgIpc) is 0.673. The van der Waals surface area contributed by atoms with Crippen molar-refractivity contribution in [2.75, 3.05) is 26.4 Å². The van der Waals surface area contributed by atoms with E-state index in [-0.39, 0.29) is 37.2 Å². The van der Waals surface area contributed by atoms with E-state index in [4.69, 9.17) is 47.4 Å². The predicted molar refractivity (Wildman–Crippen MR) is 291 cm³/mol. The van der Waals surface area contributed by atoms with Crippen molar-refractivity contribution in [3.05, 3.63) is 11.6 Å². The second kappa shape index (κ2) is 25.1. The van der Waals surface area contributed by atoms with Gasteiger partial charge in [0.15, 0.2) is 31.3 Å². The van der Waals surface area contributed by atoms with Crippen LogP contribution in [-0.4, -0.2) is 285 Å². The Morgan fingerprint density at radius 3 is 1.70 bits per heavy atom. The number of hydrogen-bond acceptors (Lipinski definition) is 28. The molecule has 0 aromatic rings. The van der Waals surface area contributed by atoms with Crippen LogP contribution in [0.15, 0.2) is 11.6 Å². The molecule has 0 bridgehead atoms. The summed E-state index contributed by atoms with van der Waals surface area (Å²) in [6.07, 6.45) is -38.0. The predicted octanol–water partition coefficient (Wildman–Crippen LogP) is -4.51. The van der Waals surface area contributed by atoms with Crippen molar-refractivity contribution in [3.63, 3.8) is 0 Å². The number of aliphatic hydroxyl groups is 16. The first kappa shape index (κ1) is 68.5. The fourth-order valence-electron chi connectivity index (χ4n) is 17.8. The highest BCUT2D eigenvalue weighted by molar-refractivity contribution is 5.79. The van der Waals surface area contributed by atoms with Gasteiger partial charge in [-0.15, -0.1) is 0 Å². The van der Waals surface area contributed by atoms with Gasteiger partial charge in [0.05, 0.1) is 55.6 Å². The van der Waals surface area contributed by atoms with Crippen molar-refractivity contribution in [3.8, 4) is 0 Å². The summed E-state index contributed by atoms with van der Waals surface area (Å²) in [6, 6.07) is 0. The van der Waals surface area contributed by atoms with E-state index in [1.165, 1.54) is 20.8 Å². The Morgan fingerprint density at radius 2 is 1.10 bits per heavy atom. The van der Waals surface area contributed by atoms with Gasteiger partial charge in [-0.05, 0) is 113 Å². The van der Waals surface area contributed by atoms with Crippen molar-refractivity contribution in [1.82, 2.24) is 0 Å². The number of rotatable bonds is 14. The van der Waals surface area contributed by atoms with Gasteiger partial charge >= 0.3 is 11.9 Å². The van der Waals surface area contributed by atoms with E-state index < -0.39 is 230 Å². The monoisotopic (exact) mass is 1270 g/mol. The molecular weight excluding hydrogens is 1170 g/mol. The number of carbonyl (C=O) groups excluding carboxylic acids is 1. The molecule has 10 aliphatic rings. The Kier molecular flexibility index (Phi) is 19.6. The summed E-state index contributed by atoms with van der Waals surface area (Å²) < 4.78 is 58.9. The Balaban J connectivity index is 0.855. The van der Waals surface area contributed by atoms with Gasteiger partial charge < -0.3 is 134 Å². The lowest BCUT2D eigenvalue weighted by Gasteiger charge is -2.71. The van der Waals surface area contributed by atoms with Gasteiger partial charge in [-0.1, -0.05) is 39.3 Å². The molecule has 5 heterocycles. The molecule has 0 unspecified atom stereocenters. The van der Waals surface area contributed by atoms with Gasteiger partial charge in [0.2, 0.25) is 6.29 Å². The third-order valence-electron chi connectivity index (χ3n) is 23.1. The minimum atomic E-state index is -2.00. The summed E-state index contributed by atoms with van der Waals surface area (Å²) >= 11 is 0. The second-order valence-corrected chi connectivity index (χ2v) is 28.4.